The third kappa shape index (κ3) is 23.6. The number of hydrogen-bond acceptors (Lipinski definition) is 44. The predicted molar refractivity (Wildman–Crippen MR) is 402 cm³/mol. The number of aliphatic hydroxyl groups excluding tert-OH is 25. The van der Waals surface area contributed by atoms with Gasteiger partial charge >= 0.3 is 17.9 Å². The fourth-order valence-electron chi connectivity index (χ4n) is 18.8. The second-order valence-electron chi connectivity index (χ2n) is 34.7. The first-order chi connectivity index (χ1) is 59.1. The molecule has 45 nitrogen and oxygen atoms in total. The van der Waals surface area contributed by atoms with Crippen molar-refractivity contribution in [1.29, 1.82) is 0 Å². The molecule has 26 N–H and O–H groups in total. The molecule has 45 heteroatoms. The quantitative estimate of drug-likeness (QED) is 0.0143. The number of esters is 3. The number of hydrogen-bond donors (Lipinski definition) is 25. The van der Waals surface area contributed by atoms with Crippen LogP contribution in [0.2, 0.25) is 0 Å². The highest BCUT2D eigenvalue weighted by Gasteiger charge is 2.60. The van der Waals surface area contributed by atoms with Crippen molar-refractivity contribution in [3.05, 3.63) is 36.5 Å². The highest BCUT2D eigenvalue weighted by atomic mass is 16.8. The Kier molecular flexibility index (Phi) is 35.6. The lowest BCUT2D eigenvalue weighted by Gasteiger charge is -2.51. The molecule has 0 aromatic rings. The maximum atomic E-state index is 13.8. The molecule has 12 aliphatic rings. The largest absolute Gasteiger partial charge is 0.460 e. The molecule has 12 fully saturated rings. The second-order valence-corrected chi connectivity index (χ2v) is 34.7. The van der Waals surface area contributed by atoms with Gasteiger partial charge in [-0.15, -0.1) is 0 Å². The summed E-state index contributed by atoms with van der Waals surface area (Å²) in [5, 5.41) is 271. The van der Waals surface area contributed by atoms with Gasteiger partial charge in [-0.25, -0.2) is 14.4 Å². The number of allylic oxidation sites excluding steroid dienone is 3. The first-order valence-electron chi connectivity index (χ1n) is 42.5. The van der Waals surface area contributed by atoms with Crippen LogP contribution in [-0.4, -0.2) is 461 Å². The van der Waals surface area contributed by atoms with Crippen molar-refractivity contribution < 1.29 is 223 Å². The zero-order valence-corrected chi connectivity index (χ0v) is 67.9. The lowest BCUT2D eigenvalue weighted by Crippen LogP contribution is -2.66. The van der Waals surface area contributed by atoms with Gasteiger partial charge < -0.3 is 208 Å². The minimum atomic E-state index is -2.18. The van der Waals surface area contributed by atoms with Crippen molar-refractivity contribution in [1.82, 2.24) is 0 Å². The fourth-order valence-corrected chi connectivity index (χ4v) is 18.8. The monoisotopic (exact) mass is 1790 g/mol. The van der Waals surface area contributed by atoms with E-state index >= 15 is 0 Å². The second kappa shape index (κ2) is 44.5. The molecule has 0 aromatic carbocycles. The van der Waals surface area contributed by atoms with Crippen molar-refractivity contribution in [2.75, 3.05) is 46.8 Å². The van der Waals surface area contributed by atoms with E-state index in [2.05, 4.69) is 0 Å². The average Bonchev–Trinajstić information content (AvgIpc) is 0.757. The molecule has 710 valence electrons. The summed E-state index contributed by atoms with van der Waals surface area (Å²) in [5.74, 6) is -5.63. The molecule has 5 saturated carbocycles. The number of carbonyl (C=O) groups is 3. The number of fused-ring (bicyclic) bond motifs is 1. The van der Waals surface area contributed by atoms with Gasteiger partial charge in [-0.3, -0.25) is 0 Å². The Morgan fingerprint density at radius 3 is 1.08 bits per heavy atom. The van der Waals surface area contributed by atoms with Gasteiger partial charge in [-0.2, -0.15) is 0 Å². The molecule has 48 atom stereocenters. The highest BCUT2D eigenvalue weighted by molar-refractivity contribution is 5.82. The molecule has 0 bridgehead atoms. The molecule has 124 heavy (non-hydrogen) atoms. The smallest absolute Gasteiger partial charge is 0.330 e. The Balaban J connectivity index is 0.694. The molecule has 48 unspecified atom stereocenters. The van der Waals surface area contributed by atoms with E-state index in [4.69, 9.17) is 80.5 Å². The molecule has 0 amide bonds. The lowest BCUT2D eigenvalue weighted by molar-refractivity contribution is -0.390. The predicted octanol–water partition coefficient (Wildman–Crippen LogP) is -11.8. The van der Waals surface area contributed by atoms with Gasteiger partial charge in [0.25, 0.3) is 0 Å². The summed E-state index contributed by atoms with van der Waals surface area (Å²) >= 11 is 0. The topological polar surface area (TPSA) is 717 Å². The van der Waals surface area contributed by atoms with Crippen LogP contribution >= 0.6 is 0 Å². The van der Waals surface area contributed by atoms with Gasteiger partial charge in [-0.1, -0.05) is 18.2 Å². The molecule has 7 heterocycles. The Bertz CT molecular complexity index is 3420. The number of methoxy groups -OCH3 is 1. The van der Waals surface area contributed by atoms with Crippen molar-refractivity contribution in [2.45, 2.75) is 360 Å². The summed E-state index contributed by atoms with van der Waals surface area (Å²) in [6, 6.07) is 0. The number of aliphatic hydroxyl groups is 27. The van der Waals surface area contributed by atoms with Crippen molar-refractivity contribution in [3.8, 4) is 0 Å². The molecule has 7 aliphatic heterocycles. The van der Waals surface area contributed by atoms with E-state index in [9.17, 15) is 142 Å². The minimum Gasteiger partial charge on any atom is -0.460 e. The van der Waals surface area contributed by atoms with E-state index in [1.165, 1.54) is 25.3 Å². The molecular formula is C79H125O45+. The van der Waals surface area contributed by atoms with Crippen LogP contribution in [0.4, 0.5) is 0 Å². The van der Waals surface area contributed by atoms with Crippen LogP contribution < -0.4 is 0 Å². The van der Waals surface area contributed by atoms with Crippen LogP contribution in [0.1, 0.15) is 96.3 Å². The molecule has 0 spiro atoms. The van der Waals surface area contributed by atoms with Crippen molar-refractivity contribution in [2.24, 2.45) is 29.6 Å². The van der Waals surface area contributed by atoms with Crippen LogP contribution in [0, 0.1) is 29.6 Å². The van der Waals surface area contributed by atoms with Gasteiger partial charge in [0.2, 0.25) is 0 Å². The molecule has 0 aromatic heterocycles. The first kappa shape index (κ1) is 99.1. The number of carbonyl (C=O) groups excluding carboxylic acids is 3. The van der Waals surface area contributed by atoms with Gasteiger partial charge in [0.15, 0.2) is 49.9 Å². The molecule has 12 rings (SSSR count). The standard InChI is InChI=1S/C79H124O45/c1-108-42-19-32(8-11-35(42)84)72-45(22-34-40(112-72)20-33(83)21-41(34)114-75-67(103)61(97)55(91)46(23-80)118-75)117-79-73(124-78-71(107)65(101)59(95)50(122-78)27-110-54(90)15-7-31-3-10-37(86)44(18-31)116-77-69(105)63(99)57(93)48(25-82)120-77)66(102)60(96)51(123-79)28-111-52(88)13-5-29-4-12-39(38(87)16-29)113-74-70(106)64(100)58(94)49(121-74)26-109-53(89)14-6-30-2-9-36(85)43(17-30)115-76-68(104)62(98)56(92)47(24-81)119-76/h5-7,13-15,29-51,55-87,91-107H,2-4,8-12,16-28H2,1H3/p+1. The fraction of sp³-hybridized carbons (Fsp3) is 0.886. The maximum Gasteiger partial charge on any atom is 0.330 e. The van der Waals surface area contributed by atoms with Gasteiger partial charge in [0, 0.05) is 44.1 Å². The zero-order chi connectivity index (χ0) is 89.6. The summed E-state index contributed by atoms with van der Waals surface area (Å²) in [7, 11) is 1.41. The maximum absolute atomic E-state index is 13.8. The van der Waals surface area contributed by atoms with Crippen LogP contribution in [0.5, 0.6) is 0 Å². The van der Waals surface area contributed by atoms with Crippen molar-refractivity contribution in [3.63, 3.8) is 0 Å². The Hall–Kier alpha value is -3.93. The van der Waals surface area contributed by atoms with Crippen molar-refractivity contribution >= 4 is 17.9 Å². The lowest BCUT2D eigenvalue weighted by atomic mass is 9.72. The summed E-state index contributed by atoms with van der Waals surface area (Å²) in [6.45, 7) is -4.55. The van der Waals surface area contributed by atoms with E-state index in [1.807, 2.05) is 0 Å². The first-order valence-corrected chi connectivity index (χ1v) is 42.5. The van der Waals surface area contributed by atoms with E-state index in [0.29, 0.717) is 19.3 Å². The van der Waals surface area contributed by atoms with E-state index in [1.54, 1.807) is 0 Å². The summed E-state index contributed by atoms with van der Waals surface area (Å²) < 4.78 is 99.3. The Morgan fingerprint density at radius 2 is 0.661 bits per heavy atom. The third-order valence-corrected chi connectivity index (χ3v) is 26.3. The van der Waals surface area contributed by atoms with Crippen LogP contribution in [0.15, 0.2) is 36.5 Å². The summed E-state index contributed by atoms with van der Waals surface area (Å²) in [5.41, 5.74) is 0. The third-order valence-electron chi connectivity index (χ3n) is 26.3. The number of rotatable bonds is 29. The normalized spacial score (nSPS) is 49.4. The van der Waals surface area contributed by atoms with E-state index in [-0.39, 0.29) is 77.0 Å². The van der Waals surface area contributed by atoms with Crippen LogP contribution in [0.25, 0.3) is 0 Å². The van der Waals surface area contributed by atoms with Gasteiger partial charge in [0.1, 0.15) is 172 Å². The Morgan fingerprint density at radius 1 is 0.315 bits per heavy atom. The number of ether oxygens (including phenoxy) is 17. The zero-order valence-electron chi connectivity index (χ0n) is 67.9. The molecular weight excluding hydrogens is 1670 g/mol. The van der Waals surface area contributed by atoms with Crippen LogP contribution in [0.3, 0.4) is 0 Å². The van der Waals surface area contributed by atoms with Gasteiger partial charge in [-0.05, 0) is 101 Å². The van der Waals surface area contributed by atoms with E-state index < -0.39 is 351 Å². The summed E-state index contributed by atoms with van der Waals surface area (Å²) in [6.07, 6.45) is -56.9. The van der Waals surface area contributed by atoms with E-state index in [0.717, 1.165) is 18.2 Å². The molecule has 0 radical (unpaired) electrons. The average molecular weight is 1790 g/mol. The SMILES string of the molecule is COC1CC(C2[OH+]C3CC(O)CC(OC4OC(CO)C(O)C(O)C4O)C3CC2OC2OC(COC(=O)C=CC3CCC(OC4OC(COC(=O)C=CC5CCC(O)C(OC6OC(CO)C(O)C(O)C6O)C5)C(O)C(O)C4O)C(O)C3)C(O)C(O)C2OC2OC(COC(=O)C=CC3CCC(O)C(OC4OC(CO)C(O)C(O)C4O)C3)C(O)C(O)C2O)CCC1O. The van der Waals surface area contributed by atoms with Gasteiger partial charge in [0.05, 0.1) is 86.8 Å². The molecule has 5 aliphatic carbocycles. The molecule has 7 saturated heterocycles. The summed E-state index contributed by atoms with van der Waals surface area (Å²) in [4.78, 5) is 40.2. The minimum absolute atomic E-state index is 0.0390. The van der Waals surface area contributed by atoms with Crippen LogP contribution in [-0.2, 0) is 90.2 Å². The Labute approximate surface area is 710 Å². The highest BCUT2D eigenvalue weighted by Crippen LogP contribution is 2.46.